The first-order valence-corrected chi connectivity index (χ1v) is 3.60. The minimum Gasteiger partial charge on any atom is -0.471 e. The lowest BCUT2D eigenvalue weighted by Gasteiger charge is -2.08. The van der Waals surface area contributed by atoms with E-state index in [0.717, 1.165) is 0 Å². The van der Waals surface area contributed by atoms with Gasteiger partial charge >= 0.3 is 0 Å². The molecule has 0 aromatic heterocycles. The van der Waals surface area contributed by atoms with Crippen molar-refractivity contribution in [3.63, 3.8) is 0 Å². The van der Waals surface area contributed by atoms with E-state index >= 15 is 0 Å². The van der Waals surface area contributed by atoms with Crippen LogP contribution in [0.25, 0.3) is 0 Å². The fourth-order valence-electron chi connectivity index (χ4n) is 0.505. The molecule has 1 heterocycles. The van der Waals surface area contributed by atoms with Gasteiger partial charge in [-0.05, 0) is 0 Å². The van der Waals surface area contributed by atoms with E-state index in [1.165, 1.54) is 0 Å². The summed E-state index contributed by atoms with van der Waals surface area (Å²) in [5.41, 5.74) is 0.571. The molecule has 1 rings (SSSR count). The van der Waals surface area contributed by atoms with Crippen molar-refractivity contribution in [3.05, 3.63) is 12.3 Å². The molecule has 0 saturated carbocycles. The molecule has 0 aromatic carbocycles. The quantitative estimate of drug-likeness (QED) is 0.550. The first kappa shape index (κ1) is 8.18. The monoisotopic (exact) mass is 199 g/mol. The van der Waals surface area contributed by atoms with Crippen LogP contribution in [0, 0.1) is 0 Å². The fourth-order valence-corrected chi connectivity index (χ4v) is 0.795. The van der Waals surface area contributed by atoms with Crippen LogP contribution in [-0.4, -0.2) is 16.3 Å². The maximum atomic E-state index is 5.44. The molecule has 56 valence electrons. The number of aliphatic imine (C=N–C) groups is 1. The van der Waals surface area contributed by atoms with Crippen LogP contribution in [0.4, 0.5) is 0 Å². The zero-order valence-electron chi connectivity index (χ0n) is 4.90. The van der Waals surface area contributed by atoms with E-state index in [9.17, 15) is 0 Å². The van der Waals surface area contributed by atoms with Crippen LogP contribution >= 0.6 is 34.8 Å². The molecular weight excluding hydrogens is 196 g/mol. The van der Waals surface area contributed by atoms with Gasteiger partial charge in [0.1, 0.15) is 6.61 Å². The van der Waals surface area contributed by atoms with Gasteiger partial charge in [0.2, 0.25) is 5.90 Å². The minimum absolute atomic E-state index is 0.0995. The molecule has 0 saturated heterocycles. The topological polar surface area (TPSA) is 21.6 Å². The third kappa shape index (κ3) is 1.78. The Kier molecular flexibility index (Phi) is 2.13. The standard InChI is InChI=1S/C5H4Cl3NO/c1-3-2-10-4(9-3)5(6,7)8/h1-2H2. The molecule has 1 aliphatic rings. The van der Waals surface area contributed by atoms with E-state index in [4.69, 9.17) is 39.5 Å². The van der Waals surface area contributed by atoms with Crippen molar-refractivity contribution in [2.45, 2.75) is 3.79 Å². The van der Waals surface area contributed by atoms with Crippen molar-refractivity contribution in [2.75, 3.05) is 6.61 Å². The summed E-state index contributed by atoms with van der Waals surface area (Å²) in [4.78, 5) is 3.76. The van der Waals surface area contributed by atoms with Gasteiger partial charge in [0.15, 0.2) is 0 Å². The average molecular weight is 200 g/mol. The van der Waals surface area contributed by atoms with E-state index in [1.807, 2.05) is 0 Å². The SMILES string of the molecule is C=C1COC(C(Cl)(Cl)Cl)=N1. The Morgan fingerprint density at radius 3 is 2.30 bits per heavy atom. The van der Waals surface area contributed by atoms with Crippen molar-refractivity contribution in [1.29, 1.82) is 0 Å². The first-order chi connectivity index (χ1) is 4.50. The molecule has 2 nitrogen and oxygen atoms in total. The highest BCUT2D eigenvalue weighted by Crippen LogP contribution is 2.31. The molecule has 0 aromatic rings. The summed E-state index contributed by atoms with van der Waals surface area (Å²) < 4.78 is 3.33. The van der Waals surface area contributed by atoms with E-state index in [0.29, 0.717) is 12.3 Å². The summed E-state index contributed by atoms with van der Waals surface area (Å²) in [6.07, 6.45) is 0. The first-order valence-electron chi connectivity index (χ1n) is 2.46. The summed E-state index contributed by atoms with van der Waals surface area (Å²) in [5, 5.41) is 0. The van der Waals surface area contributed by atoms with Crippen molar-refractivity contribution in [2.24, 2.45) is 4.99 Å². The molecule has 0 atom stereocenters. The van der Waals surface area contributed by atoms with Gasteiger partial charge in [-0.1, -0.05) is 41.4 Å². The molecular formula is C5H4Cl3NO. The van der Waals surface area contributed by atoms with Crippen molar-refractivity contribution in [3.8, 4) is 0 Å². The number of hydrogen-bond donors (Lipinski definition) is 0. The van der Waals surface area contributed by atoms with Crippen molar-refractivity contribution in [1.82, 2.24) is 0 Å². The molecule has 1 aliphatic heterocycles. The van der Waals surface area contributed by atoms with Crippen LogP contribution in [0.1, 0.15) is 0 Å². The van der Waals surface area contributed by atoms with Gasteiger partial charge < -0.3 is 4.74 Å². The number of nitrogens with zero attached hydrogens (tertiary/aromatic N) is 1. The third-order valence-electron chi connectivity index (χ3n) is 0.878. The molecule has 0 spiro atoms. The largest absolute Gasteiger partial charge is 0.471 e. The number of hydrogen-bond acceptors (Lipinski definition) is 2. The van der Waals surface area contributed by atoms with Crippen molar-refractivity contribution < 1.29 is 4.74 Å². The molecule has 0 aliphatic carbocycles. The molecule has 5 heteroatoms. The third-order valence-corrected chi connectivity index (χ3v) is 1.36. The highest BCUT2D eigenvalue weighted by molar-refractivity contribution is 6.76. The second-order valence-electron chi connectivity index (χ2n) is 1.77. The zero-order chi connectivity index (χ0) is 7.78. The van der Waals surface area contributed by atoms with Crippen LogP contribution in [0.15, 0.2) is 17.3 Å². The minimum atomic E-state index is -1.56. The number of alkyl halides is 3. The van der Waals surface area contributed by atoms with E-state index in [1.54, 1.807) is 0 Å². The fraction of sp³-hybridized carbons (Fsp3) is 0.400. The molecule has 0 N–H and O–H groups in total. The van der Waals surface area contributed by atoms with E-state index in [-0.39, 0.29) is 5.90 Å². The van der Waals surface area contributed by atoms with Gasteiger partial charge in [0.25, 0.3) is 3.79 Å². The van der Waals surface area contributed by atoms with Gasteiger partial charge in [-0.15, -0.1) is 0 Å². The molecule has 0 amide bonds. The Morgan fingerprint density at radius 2 is 2.10 bits per heavy atom. The van der Waals surface area contributed by atoms with E-state index in [2.05, 4.69) is 11.6 Å². The second kappa shape index (κ2) is 2.61. The number of ether oxygens (including phenoxy) is 1. The maximum absolute atomic E-state index is 5.44. The van der Waals surface area contributed by atoms with Gasteiger partial charge in [-0.2, -0.15) is 0 Å². The molecule has 0 bridgehead atoms. The number of halogens is 3. The summed E-state index contributed by atoms with van der Waals surface area (Å²) >= 11 is 16.3. The Bertz CT molecular complexity index is 194. The molecule has 0 unspecified atom stereocenters. The highest BCUT2D eigenvalue weighted by atomic mass is 35.6. The molecule has 10 heavy (non-hydrogen) atoms. The second-order valence-corrected chi connectivity index (χ2v) is 4.05. The van der Waals surface area contributed by atoms with E-state index < -0.39 is 3.79 Å². The zero-order valence-corrected chi connectivity index (χ0v) is 7.17. The smallest absolute Gasteiger partial charge is 0.266 e. The Morgan fingerprint density at radius 1 is 1.50 bits per heavy atom. The predicted octanol–water partition coefficient (Wildman–Crippen LogP) is 2.30. The van der Waals surface area contributed by atoms with Crippen LogP contribution in [0.2, 0.25) is 0 Å². The van der Waals surface area contributed by atoms with Gasteiger partial charge in [0, 0.05) is 0 Å². The van der Waals surface area contributed by atoms with Crippen LogP contribution in [-0.2, 0) is 4.74 Å². The molecule has 0 radical (unpaired) electrons. The Labute approximate surface area is 73.4 Å². The summed E-state index contributed by atoms with van der Waals surface area (Å²) in [6.45, 7) is 3.84. The van der Waals surface area contributed by atoms with Crippen LogP contribution in [0.3, 0.4) is 0 Å². The summed E-state index contributed by atoms with van der Waals surface area (Å²) in [5.74, 6) is 0.0995. The van der Waals surface area contributed by atoms with Crippen LogP contribution in [0.5, 0.6) is 0 Å². The highest BCUT2D eigenvalue weighted by Gasteiger charge is 2.33. The van der Waals surface area contributed by atoms with Crippen LogP contribution < -0.4 is 0 Å². The molecule has 0 fully saturated rings. The predicted molar refractivity (Wildman–Crippen MR) is 42.8 cm³/mol. The Hall–Kier alpha value is 0.0800. The Balaban J connectivity index is 2.76. The van der Waals surface area contributed by atoms with Crippen molar-refractivity contribution >= 4 is 40.7 Å². The lowest BCUT2D eigenvalue weighted by molar-refractivity contribution is 0.357. The average Bonchev–Trinajstić information content (AvgIpc) is 2.11. The lowest BCUT2D eigenvalue weighted by Crippen LogP contribution is -2.18. The lowest BCUT2D eigenvalue weighted by atomic mass is 10.6. The summed E-state index contributed by atoms with van der Waals surface area (Å²) in [6, 6.07) is 0. The van der Waals surface area contributed by atoms with Gasteiger partial charge in [-0.3, -0.25) is 0 Å². The van der Waals surface area contributed by atoms with Gasteiger partial charge in [-0.25, -0.2) is 4.99 Å². The maximum Gasteiger partial charge on any atom is 0.266 e. The number of rotatable bonds is 0. The normalized spacial score (nSPS) is 18.7. The van der Waals surface area contributed by atoms with Gasteiger partial charge in [0.05, 0.1) is 5.70 Å². The summed E-state index contributed by atoms with van der Waals surface area (Å²) in [7, 11) is 0.